The van der Waals surface area contributed by atoms with Crippen LogP contribution >= 0.6 is 0 Å². The molecular formula is C18H30NO3+. The minimum atomic E-state index is -0.179. The summed E-state index contributed by atoms with van der Waals surface area (Å²) >= 11 is 0. The highest BCUT2D eigenvalue weighted by atomic mass is 16.6. The van der Waals surface area contributed by atoms with E-state index in [0.717, 1.165) is 31.6 Å². The third-order valence-electron chi connectivity index (χ3n) is 3.97. The number of benzene rings is 1. The third-order valence-corrected chi connectivity index (χ3v) is 3.97. The van der Waals surface area contributed by atoms with Crippen LogP contribution in [0.1, 0.15) is 38.7 Å². The van der Waals surface area contributed by atoms with Gasteiger partial charge in [0, 0.05) is 0 Å². The van der Waals surface area contributed by atoms with Gasteiger partial charge in [0.05, 0.1) is 32.2 Å². The number of hydrogen-bond donors (Lipinski definition) is 1. The van der Waals surface area contributed by atoms with Gasteiger partial charge in [-0.2, -0.15) is 0 Å². The molecule has 0 fully saturated rings. The standard InChI is InChI=1S/C18H29NO3/c1-4-17(16-10-8-7-9-11-16)18(20)22-15-14-21-13-12-19(5-2)6-3/h7-11,17H,4-6,12-15H2,1-3H3/p+1/t17-/m0/s1. The second-order valence-electron chi connectivity index (χ2n) is 5.36. The highest BCUT2D eigenvalue weighted by Crippen LogP contribution is 2.20. The van der Waals surface area contributed by atoms with Crippen molar-refractivity contribution < 1.29 is 19.2 Å². The first kappa shape index (κ1) is 18.7. The van der Waals surface area contributed by atoms with E-state index in [4.69, 9.17) is 9.47 Å². The van der Waals surface area contributed by atoms with Crippen molar-refractivity contribution in [2.75, 3.05) is 39.5 Å². The Morgan fingerprint density at radius 1 is 1.05 bits per heavy atom. The molecule has 0 saturated carbocycles. The van der Waals surface area contributed by atoms with Crippen molar-refractivity contribution in [2.45, 2.75) is 33.1 Å². The molecule has 4 heteroatoms. The molecule has 0 aromatic heterocycles. The van der Waals surface area contributed by atoms with Gasteiger partial charge in [0.15, 0.2) is 0 Å². The summed E-state index contributed by atoms with van der Waals surface area (Å²) in [5.41, 5.74) is 1.01. The van der Waals surface area contributed by atoms with Crippen molar-refractivity contribution in [1.29, 1.82) is 0 Å². The molecule has 0 unspecified atom stereocenters. The zero-order chi connectivity index (χ0) is 16.2. The maximum absolute atomic E-state index is 12.1. The van der Waals surface area contributed by atoms with Crippen LogP contribution in [-0.4, -0.2) is 45.4 Å². The lowest BCUT2D eigenvalue weighted by atomic mass is 9.97. The minimum Gasteiger partial charge on any atom is -0.463 e. The zero-order valence-corrected chi connectivity index (χ0v) is 14.1. The van der Waals surface area contributed by atoms with Gasteiger partial charge in [-0.05, 0) is 25.8 Å². The Morgan fingerprint density at radius 2 is 1.73 bits per heavy atom. The molecule has 1 rings (SSSR count). The maximum atomic E-state index is 12.1. The topological polar surface area (TPSA) is 40.0 Å². The molecular weight excluding hydrogens is 278 g/mol. The molecule has 1 atom stereocenters. The fraction of sp³-hybridized carbons (Fsp3) is 0.611. The SMILES string of the molecule is CC[C@H](C(=O)OCCOCC[NH+](CC)CC)c1ccccc1. The van der Waals surface area contributed by atoms with Gasteiger partial charge in [-0.25, -0.2) is 0 Å². The predicted molar refractivity (Wildman–Crippen MR) is 88.2 cm³/mol. The van der Waals surface area contributed by atoms with Crippen LogP contribution in [0.5, 0.6) is 0 Å². The van der Waals surface area contributed by atoms with Gasteiger partial charge in [-0.15, -0.1) is 0 Å². The second-order valence-corrected chi connectivity index (χ2v) is 5.36. The monoisotopic (exact) mass is 308 g/mol. The predicted octanol–water partition coefficient (Wildman–Crippen LogP) is 1.66. The van der Waals surface area contributed by atoms with Crippen LogP contribution in [0.2, 0.25) is 0 Å². The van der Waals surface area contributed by atoms with Gasteiger partial charge < -0.3 is 14.4 Å². The van der Waals surface area contributed by atoms with Crippen LogP contribution in [0.3, 0.4) is 0 Å². The van der Waals surface area contributed by atoms with Gasteiger partial charge in [-0.1, -0.05) is 37.3 Å². The van der Waals surface area contributed by atoms with Crippen LogP contribution in [0.15, 0.2) is 30.3 Å². The largest absolute Gasteiger partial charge is 0.463 e. The van der Waals surface area contributed by atoms with Crippen molar-refractivity contribution in [3.63, 3.8) is 0 Å². The molecule has 0 aliphatic heterocycles. The molecule has 124 valence electrons. The lowest BCUT2D eigenvalue weighted by Crippen LogP contribution is -3.11. The first-order valence-electron chi connectivity index (χ1n) is 8.35. The number of carbonyl (C=O) groups excluding carboxylic acids is 1. The Morgan fingerprint density at radius 3 is 2.32 bits per heavy atom. The summed E-state index contributed by atoms with van der Waals surface area (Å²) in [6.45, 7) is 11.1. The highest BCUT2D eigenvalue weighted by Gasteiger charge is 2.19. The van der Waals surface area contributed by atoms with Crippen LogP contribution in [0, 0.1) is 0 Å². The maximum Gasteiger partial charge on any atom is 0.313 e. The summed E-state index contributed by atoms with van der Waals surface area (Å²) in [7, 11) is 0. The van der Waals surface area contributed by atoms with Crippen molar-refractivity contribution >= 4 is 5.97 Å². The van der Waals surface area contributed by atoms with E-state index in [9.17, 15) is 4.79 Å². The molecule has 1 N–H and O–H groups in total. The summed E-state index contributed by atoms with van der Waals surface area (Å²) in [5, 5.41) is 0. The molecule has 1 aromatic carbocycles. The smallest absolute Gasteiger partial charge is 0.313 e. The first-order chi connectivity index (χ1) is 10.7. The van der Waals surface area contributed by atoms with Crippen molar-refractivity contribution in [3.05, 3.63) is 35.9 Å². The lowest BCUT2D eigenvalue weighted by molar-refractivity contribution is -0.896. The van der Waals surface area contributed by atoms with Gasteiger partial charge in [0.1, 0.15) is 13.2 Å². The molecule has 4 nitrogen and oxygen atoms in total. The van der Waals surface area contributed by atoms with Gasteiger partial charge in [0.25, 0.3) is 0 Å². The molecule has 0 bridgehead atoms. The fourth-order valence-electron chi connectivity index (χ4n) is 2.45. The Bertz CT molecular complexity index is 404. The van der Waals surface area contributed by atoms with E-state index in [1.807, 2.05) is 37.3 Å². The Hall–Kier alpha value is -1.39. The lowest BCUT2D eigenvalue weighted by Gasteiger charge is -2.16. The first-order valence-corrected chi connectivity index (χ1v) is 8.35. The summed E-state index contributed by atoms with van der Waals surface area (Å²) in [6, 6.07) is 9.79. The van der Waals surface area contributed by atoms with Crippen LogP contribution in [-0.2, 0) is 14.3 Å². The molecule has 0 spiro atoms. The zero-order valence-electron chi connectivity index (χ0n) is 14.1. The van der Waals surface area contributed by atoms with Gasteiger partial charge in [0.2, 0.25) is 0 Å². The van der Waals surface area contributed by atoms with Crippen molar-refractivity contribution in [3.8, 4) is 0 Å². The Kier molecular flexibility index (Phi) is 9.51. The summed E-state index contributed by atoms with van der Waals surface area (Å²) in [5.74, 6) is -0.340. The van der Waals surface area contributed by atoms with E-state index in [2.05, 4.69) is 13.8 Å². The van der Waals surface area contributed by atoms with Gasteiger partial charge in [-0.3, -0.25) is 4.79 Å². The van der Waals surface area contributed by atoms with Gasteiger partial charge >= 0.3 is 5.97 Å². The molecule has 0 saturated heterocycles. The number of ether oxygens (including phenoxy) is 2. The van der Waals surface area contributed by atoms with E-state index in [1.54, 1.807) is 0 Å². The van der Waals surface area contributed by atoms with E-state index < -0.39 is 0 Å². The molecule has 0 heterocycles. The third kappa shape index (κ3) is 6.58. The summed E-state index contributed by atoms with van der Waals surface area (Å²) in [4.78, 5) is 13.6. The second kappa shape index (κ2) is 11.2. The van der Waals surface area contributed by atoms with Crippen molar-refractivity contribution in [1.82, 2.24) is 0 Å². The highest BCUT2D eigenvalue weighted by molar-refractivity contribution is 5.78. The molecule has 1 aromatic rings. The number of hydrogen-bond acceptors (Lipinski definition) is 3. The number of carbonyl (C=O) groups is 1. The summed E-state index contributed by atoms with van der Waals surface area (Å²) < 4.78 is 10.9. The minimum absolute atomic E-state index is 0.160. The molecule has 0 aliphatic carbocycles. The Labute approximate surface area is 134 Å². The van der Waals surface area contributed by atoms with Crippen LogP contribution < -0.4 is 4.90 Å². The number of esters is 1. The van der Waals surface area contributed by atoms with E-state index in [0.29, 0.717) is 19.8 Å². The number of nitrogens with one attached hydrogen (secondary N) is 1. The van der Waals surface area contributed by atoms with Crippen LogP contribution in [0.4, 0.5) is 0 Å². The van der Waals surface area contributed by atoms with E-state index >= 15 is 0 Å². The number of rotatable bonds is 11. The van der Waals surface area contributed by atoms with Crippen LogP contribution in [0.25, 0.3) is 0 Å². The van der Waals surface area contributed by atoms with E-state index in [-0.39, 0.29) is 11.9 Å². The quantitative estimate of drug-likeness (QED) is 0.499. The molecule has 0 radical (unpaired) electrons. The number of quaternary nitrogens is 1. The summed E-state index contributed by atoms with van der Waals surface area (Å²) in [6.07, 6.45) is 0.745. The fourth-order valence-corrected chi connectivity index (χ4v) is 2.45. The average Bonchev–Trinajstić information content (AvgIpc) is 2.56. The van der Waals surface area contributed by atoms with Crippen molar-refractivity contribution in [2.24, 2.45) is 0 Å². The molecule has 0 amide bonds. The molecule has 0 aliphatic rings. The normalized spacial score (nSPS) is 12.4. The molecule has 22 heavy (non-hydrogen) atoms. The Balaban J connectivity index is 2.22. The van der Waals surface area contributed by atoms with E-state index in [1.165, 1.54) is 4.90 Å². The average molecular weight is 308 g/mol. The number of likely N-dealkylation sites (N-methyl/N-ethyl adjacent to an activating group) is 1.